The Balaban J connectivity index is 2.23. The van der Waals surface area contributed by atoms with Crippen LogP contribution in [0.25, 0.3) is 0 Å². The van der Waals surface area contributed by atoms with Crippen molar-refractivity contribution < 1.29 is 22.4 Å². The van der Waals surface area contributed by atoms with Gasteiger partial charge in [0.15, 0.2) is 11.6 Å². The summed E-state index contributed by atoms with van der Waals surface area (Å²) in [6.07, 6.45) is 0. The normalized spacial score (nSPS) is 9.86. The zero-order chi connectivity index (χ0) is 16.3. The second-order valence-corrected chi connectivity index (χ2v) is 4.15. The summed E-state index contributed by atoms with van der Waals surface area (Å²) in [7, 11) is 0. The summed E-state index contributed by atoms with van der Waals surface area (Å²) in [6, 6.07) is 5.19. The molecule has 112 valence electrons. The third kappa shape index (κ3) is 3.42. The van der Waals surface area contributed by atoms with Crippen molar-refractivity contribution in [2.24, 2.45) is 5.84 Å². The Kier molecular flexibility index (Phi) is 4.44. The Hall–Kier alpha value is -2.85. The van der Waals surface area contributed by atoms with Crippen LogP contribution in [0, 0.1) is 35.1 Å². The molecule has 2 rings (SSSR count). The Morgan fingerprint density at radius 3 is 2.32 bits per heavy atom. The topological polar surface area (TPSA) is 46.3 Å². The van der Waals surface area contributed by atoms with Crippen molar-refractivity contribution in [3.8, 4) is 11.8 Å². The van der Waals surface area contributed by atoms with Crippen LogP contribution in [-0.2, 0) is 4.79 Å². The van der Waals surface area contributed by atoms with Crippen LogP contribution >= 0.6 is 0 Å². The lowest BCUT2D eigenvalue weighted by molar-refractivity contribution is -0.113. The summed E-state index contributed by atoms with van der Waals surface area (Å²) >= 11 is 0. The first-order chi connectivity index (χ1) is 10.4. The molecule has 0 saturated carbocycles. The third-order valence-electron chi connectivity index (χ3n) is 2.62. The van der Waals surface area contributed by atoms with Gasteiger partial charge in [-0.05, 0) is 30.3 Å². The first-order valence-corrected chi connectivity index (χ1v) is 5.89. The molecule has 7 heteroatoms. The maximum Gasteiger partial charge on any atom is 0.317 e. The zero-order valence-corrected chi connectivity index (χ0v) is 10.9. The van der Waals surface area contributed by atoms with E-state index in [0.29, 0.717) is 5.01 Å². The molecule has 0 unspecified atom stereocenters. The van der Waals surface area contributed by atoms with E-state index < -0.39 is 34.9 Å². The summed E-state index contributed by atoms with van der Waals surface area (Å²) in [5, 5.41) is 0.325. The van der Waals surface area contributed by atoms with Gasteiger partial charge in [-0.25, -0.2) is 28.4 Å². The fourth-order valence-electron chi connectivity index (χ4n) is 1.54. The van der Waals surface area contributed by atoms with Crippen LogP contribution < -0.4 is 10.9 Å². The fourth-order valence-corrected chi connectivity index (χ4v) is 1.54. The van der Waals surface area contributed by atoms with Crippen LogP contribution in [0.15, 0.2) is 36.4 Å². The Morgan fingerprint density at radius 2 is 1.64 bits per heavy atom. The standard InChI is InChI=1S/C15H8F4N2O/c16-10-3-5-12(18)14(8-10)21(20)15(22)6-2-9-1-4-11(17)13(19)7-9/h1,3-5,7-8H,20H2. The quantitative estimate of drug-likeness (QED) is 0.289. The number of hydrogen-bond acceptors (Lipinski definition) is 2. The summed E-state index contributed by atoms with van der Waals surface area (Å²) in [4.78, 5) is 11.7. The molecule has 0 spiro atoms. The number of nitrogens with zero attached hydrogens (tertiary/aromatic N) is 1. The Bertz CT molecular complexity index is 796. The van der Waals surface area contributed by atoms with E-state index in [1.54, 1.807) is 0 Å². The molecular weight excluding hydrogens is 300 g/mol. The van der Waals surface area contributed by atoms with Gasteiger partial charge in [-0.15, -0.1) is 0 Å². The lowest BCUT2D eigenvalue weighted by Gasteiger charge is -2.13. The molecule has 0 aliphatic carbocycles. The molecule has 0 aliphatic heterocycles. The number of hydrogen-bond donors (Lipinski definition) is 1. The van der Waals surface area contributed by atoms with Crippen LogP contribution in [0.2, 0.25) is 0 Å². The van der Waals surface area contributed by atoms with Crippen LogP contribution in [0.3, 0.4) is 0 Å². The average Bonchev–Trinajstić information content (AvgIpc) is 2.49. The second kappa shape index (κ2) is 6.28. The zero-order valence-electron chi connectivity index (χ0n) is 10.9. The number of benzene rings is 2. The van der Waals surface area contributed by atoms with Crippen molar-refractivity contribution in [3.05, 3.63) is 65.2 Å². The Labute approximate surface area is 122 Å². The van der Waals surface area contributed by atoms with Crippen molar-refractivity contribution in [3.63, 3.8) is 0 Å². The summed E-state index contributed by atoms with van der Waals surface area (Å²) in [5.74, 6) is 4.72. The van der Waals surface area contributed by atoms with E-state index in [-0.39, 0.29) is 5.56 Å². The molecule has 0 saturated heterocycles. The lowest BCUT2D eigenvalue weighted by atomic mass is 10.2. The summed E-state index contributed by atoms with van der Waals surface area (Å²) in [5.41, 5.74) is -0.468. The minimum Gasteiger partial charge on any atom is -0.257 e. The van der Waals surface area contributed by atoms with Gasteiger partial charge in [0.2, 0.25) is 0 Å². The molecule has 0 bridgehead atoms. The van der Waals surface area contributed by atoms with Crippen LogP contribution in [0.4, 0.5) is 23.2 Å². The number of hydrazine groups is 1. The molecule has 0 aliphatic rings. The molecule has 2 N–H and O–H groups in total. The molecule has 22 heavy (non-hydrogen) atoms. The van der Waals surface area contributed by atoms with Gasteiger partial charge in [-0.3, -0.25) is 4.79 Å². The smallest absolute Gasteiger partial charge is 0.257 e. The van der Waals surface area contributed by atoms with E-state index in [9.17, 15) is 22.4 Å². The number of rotatable bonds is 1. The molecule has 1 amide bonds. The SMILES string of the molecule is NN(C(=O)C#Cc1ccc(F)c(F)c1)c1cc(F)ccc1F. The van der Waals surface area contributed by atoms with Crippen molar-refractivity contribution in [2.75, 3.05) is 5.01 Å². The minimum absolute atomic E-state index is 0.0281. The second-order valence-electron chi connectivity index (χ2n) is 4.15. The van der Waals surface area contributed by atoms with Gasteiger partial charge >= 0.3 is 5.91 Å². The number of carbonyl (C=O) groups is 1. The van der Waals surface area contributed by atoms with Crippen LogP contribution in [0.1, 0.15) is 5.56 Å². The van der Waals surface area contributed by atoms with Gasteiger partial charge in [0.05, 0.1) is 0 Å². The largest absolute Gasteiger partial charge is 0.317 e. The highest BCUT2D eigenvalue weighted by molar-refractivity contribution is 6.05. The van der Waals surface area contributed by atoms with Gasteiger partial charge < -0.3 is 0 Å². The highest BCUT2D eigenvalue weighted by Crippen LogP contribution is 2.18. The van der Waals surface area contributed by atoms with Crippen LogP contribution in [-0.4, -0.2) is 5.91 Å². The van der Waals surface area contributed by atoms with Crippen LogP contribution in [0.5, 0.6) is 0 Å². The fraction of sp³-hybridized carbons (Fsp3) is 0. The van der Waals surface area contributed by atoms with E-state index >= 15 is 0 Å². The van der Waals surface area contributed by atoms with E-state index in [1.165, 1.54) is 0 Å². The van der Waals surface area contributed by atoms with E-state index in [4.69, 9.17) is 5.84 Å². The molecule has 3 nitrogen and oxygen atoms in total. The molecule has 0 heterocycles. The number of halogens is 4. The van der Waals surface area contributed by atoms with Gasteiger partial charge in [-0.2, -0.15) is 0 Å². The molecule has 2 aromatic rings. The molecule has 0 atom stereocenters. The summed E-state index contributed by atoms with van der Waals surface area (Å²) in [6.45, 7) is 0. The molecule has 0 fully saturated rings. The molecule has 0 aromatic heterocycles. The van der Waals surface area contributed by atoms with Crippen molar-refractivity contribution in [1.29, 1.82) is 0 Å². The number of carbonyl (C=O) groups excluding carboxylic acids is 1. The predicted molar refractivity (Wildman–Crippen MR) is 71.3 cm³/mol. The maximum atomic E-state index is 13.5. The molecule has 0 radical (unpaired) electrons. The first-order valence-electron chi connectivity index (χ1n) is 5.89. The van der Waals surface area contributed by atoms with Gasteiger partial charge in [0, 0.05) is 17.6 Å². The van der Waals surface area contributed by atoms with Crippen molar-refractivity contribution in [2.45, 2.75) is 0 Å². The van der Waals surface area contributed by atoms with Crippen molar-refractivity contribution in [1.82, 2.24) is 0 Å². The maximum absolute atomic E-state index is 13.5. The predicted octanol–water partition coefficient (Wildman–Crippen LogP) is 2.50. The van der Waals surface area contributed by atoms with Gasteiger partial charge in [-0.1, -0.05) is 5.92 Å². The van der Waals surface area contributed by atoms with Crippen molar-refractivity contribution >= 4 is 11.6 Å². The number of anilines is 1. The average molecular weight is 308 g/mol. The lowest BCUT2D eigenvalue weighted by Crippen LogP contribution is -2.37. The summed E-state index contributed by atoms with van der Waals surface area (Å²) < 4.78 is 52.2. The van der Waals surface area contributed by atoms with E-state index in [1.807, 2.05) is 5.92 Å². The van der Waals surface area contributed by atoms with E-state index in [0.717, 1.165) is 36.4 Å². The highest BCUT2D eigenvalue weighted by atomic mass is 19.2. The third-order valence-corrected chi connectivity index (χ3v) is 2.62. The highest BCUT2D eigenvalue weighted by Gasteiger charge is 2.14. The molecule has 2 aromatic carbocycles. The Morgan fingerprint density at radius 1 is 0.955 bits per heavy atom. The monoisotopic (exact) mass is 308 g/mol. The van der Waals surface area contributed by atoms with Gasteiger partial charge in [0.25, 0.3) is 0 Å². The van der Waals surface area contributed by atoms with Gasteiger partial charge in [0.1, 0.15) is 17.3 Å². The number of amides is 1. The first kappa shape index (κ1) is 15.5. The number of nitrogens with two attached hydrogens (primary N) is 1. The minimum atomic E-state index is -1.12. The van der Waals surface area contributed by atoms with E-state index in [2.05, 4.69) is 5.92 Å². The molecular formula is C15H8F4N2O.